The summed E-state index contributed by atoms with van der Waals surface area (Å²) in [5.41, 5.74) is 5.39. The number of hydrogen-bond donors (Lipinski definition) is 1. The van der Waals surface area contributed by atoms with Crippen LogP contribution in [0.4, 0.5) is 0 Å². The van der Waals surface area contributed by atoms with Crippen molar-refractivity contribution in [1.82, 2.24) is 0 Å². The van der Waals surface area contributed by atoms with Crippen LogP contribution in [-0.2, 0) is 4.74 Å². The van der Waals surface area contributed by atoms with Crippen LogP contribution >= 0.6 is 0 Å². The minimum atomic E-state index is 0.312. The topological polar surface area (TPSA) is 47.6 Å². The molecule has 1 aliphatic rings. The molecule has 1 aliphatic heterocycles. The lowest BCUT2D eigenvalue weighted by atomic mass is 10.1. The first-order valence-corrected chi connectivity index (χ1v) is 4.62. The fraction of sp³-hybridized carbons (Fsp3) is 0.889. The van der Waals surface area contributed by atoms with Gasteiger partial charge in [0.1, 0.15) is 6.10 Å². The number of nitrogens with two attached hydrogens (primary N) is 1. The van der Waals surface area contributed by atoms with Crippen molar-refractivity contribution in [2.75, 3.05) is 13.1 Å². The number of rotatable bonds is 4. The van der Waals surface area contributed by atoms with Crippen LogP contribution in [0.5, 0.6) is 0 Å². The summed E-state index contributed by atoms with van der Waals surface area (Å²) in [4.78, 5) is 4.27. The first-order chi connectivity index (χ1) is 5.72. The van der Waals surface area contributed by atoms with E-state index in [1.807, 2.05) is 0 Å². The first kappa shape index (κ1) is 9.52. The zero-order valence-electron chi connectivity index (χ0n) is 7.92. The van der Waals surface area contributed by atoms with Crippen molar-refractivity contribution in [3.05, 3.63) is 0 Å². The second-order valence-electron chi connectivity index (χ2n) is 3.64. The Labute approximate surface area is 74.0 Å². The Bertz CT molecular complexity index is 166. The fourth-order valence-corrected chi connectivity index (χ4v) is 1.38. The number of aliphatic imine (C=N–C) groups is 1. The van der Waals surface area contributed by atoms with E-state index in [4.69, 9.17) is 10.5 Å². The van der Waals surface area contributed by atoms with E-state index in [0.717, 1.165) is 25.3 Å². The smallest absolute Gasteiger partial charge is 0.184 e. The van der Waals surface area contributed by atoms with Crippen LogP contribution in [0.3, 0.4) is 0 Å². The zero-order chi connectivity index (χ0) is 8.97. The fourth-order valence-electron chi connectivity index (χ4n) is 1.38. The second kappa shape index (κ2) is 4.45. The van der Waals surface area contributed by atoms with E-state index in [0.29, 0.717) is 18.6 Å². The van der Waals surface area contributed by atoms with Gasteiger partial charge in [-0.25, -0.2) is 0 Å². The minimum absolute atomic E-state index is 0.312. The molecule has 0 aromatic carbocycles. The maximum Gasteiger partial charge on any atom is 0.184 e. The van der Waals surface area contributed by atoms with Gasteiger partial charge >= 0.3 is 0 Å². The highest BCUT2D eigenvalue weighted by Gasteiger charge is 2.19. The SMILES string of the molecule is CC(C)CC1CN=C(CCN)O1. The Hall–Kier alpha value is -0.570. The van der Waals surface area contributed by atoms with Crippen molar-refractivity contribution >= 4 is 5.90 Å². The van der Waals surface area contributed by atoms with Crippen molar-refractivity contribution in [2.24, 2.45) is 16.6 Å². The van der Waals surface area contributed by atoms with Crippen LogP contribution in [0.1, 0.15) is 26.7 Å². The van der Waals surface area contributed by atoms with Gasteiger partial charge < -0.3 is 10.5 Å². The van der Waals surface area contributed by atoms with E-state index in [1.165, 1.54) is 0 Å². The summed E-state index contributed by atoms with van der Waals surface area (Å²) >= 11 is 0. The van der Waals surface area contributed by atoms with Gasteiger partial charge in [-0.3, -0.25) is 4.99 Å². The van der Waals surface area contributed by atoms with Crippen LogP contribution in [0.15, 0.2) is 4.99 Å². The largest absolute Gasteiger partial charge is 0.476 e. The highest BCUT2D eigenvalue weighted by molar-refractivity contribution is 5.77. The molecule has 0 radical (unpaired) electrons. The van der Waals surface area contributed by atoms with Gasteiger partial charge in [-0.05, 0) is 12.3 Å². The number of nitrogens with zero attached hydrogens (tertiary/aromatic N) is 1. The zero-order valence-corrected chi connectivity index (χ0v) is 7.92. The third-order valence-electron chi connectivity index (χ3n) is 1.87. The van der Waals surface area contributed by atoms with E-state index < -0.39 is 0 Å². The quantitative estimate of drug-likeness (QED) is 0.688. The van der Waals surface area contributed by atoms with Crippen LogP contribution in [-0.4, -0.2) is 25.1 Å². The Morgan fingerprint density at radius 1 is 1.67 bits per heavy atom. The summed E-state index contributed by atoms with van der Waals surface area (Å²) in [6, 6.07) is 0. The van der Waals surface area contributed by atoms with E-state index in [-0.39, 0.29) is 0 Å². The molecule has 0 amide bonds. The summed E-state index contributed by atoms with van der Waals surface area (Å²) in [6.07, 6.45) is 2.19. The van der Waals surface area contributed by atoms with Gasteiger partial charge in [-0.15, -0.1) is 0 Å². The normalized spacial score (nSPS) is 22.7. The molecular formula is C9H18N2O. The highest BCUT2D eigenvalue weighted by Crippen LogP contribution is 2.14. The van der Waals surface area contributed by atoms with Crippen molar-refractivity contribution in [1.29, 1.82) is 0 Å². The summed E-state index contributed by atoms with van der Waals surface area (Å²) in [5.74, 6) is 1.53. The molecule has 0 aliphatic carbocycles. The van der Waals surface area contributed by atoms with E-state index >= 15 is 0 Å². The lowest BCUT2D eigenvalue weighted by molar-refractivity contribution is 0.190. The lowest BCUT2D eigenvalue weighted by Gasteiger charge is -2.12. The van der Waals surface area contributed by atoms with Gasteiger partial charge in [-0.2, -0.15) is 0 Å². The lowest BCUT2D eigenvalue weighted by Crippen LogP contribution is -2.17. The highest BCUT2D eigenvalue weighted by atomic mass is 16.5. The predicted octanol–water partition coefficient (Wildman–Crippen LogP) is 1.18. The maximum atomic E-state index is 5.58. The minimum Gasteiger partial charge on any atom is -0.476 e. The monoisotopic (exact) mass is 170 g/mol. The van der Waals surface area contributed by atoms with E-state index in [9.17, 15) is 0 Å². The van der Waals surface area contributed by atoms with Gasteiger partial charge in [0.25, 0.3) is 0 Å². The average molecular weight is 170 g/mol. The Balaban J connectivity index is 2.22. The molecule has 0 saturated heterocycles. The standard InChI is InChI=1S/C9H18N2O/c1-7(2)5-8-6-11-9(12-8)3-4-10/h7-8H,3-6,10H2,1-2H3. The van der Waals surface area contributed by atoms with Gasteiger partial charge in [0, 0.05) is 13.0 Å². The molecule has 0 aromatic rings. The van der Waals surface area contributed by atoms with Gasteiger partial charge in [0.05, 0.1) is 6.54 Å². The molecule has 70 valence electrons. The molecule has 3 heteroatoms. The maximum absolute atomic E-state index is 5.58. The van der Waals surface area contributed by atoms with E-state index in [2.05, 4.69) is 18.8 Å². The molecule has 0 spiro atoms. The van der Waals surface area contributed by atoms with Crippen LogP contribution in [0.2, 0.25) is 0 Å². The number of ether oxygens (including phenoxy) is 1. The molecule has 1 rings (SSSR count). The summed E-state index contributed by atoms with van der Waals surface area (Å²) in [5, 5.41) is 0. The summed E-state index contributed by atoms with van der Waals surface area (Å²) in [7, 11) is 0. The Morgan fingerprint density at radius 3 is 3.00 bits per heavy atom. The molecule has 12 heavy (non-hydrogen) atoms. The van der Waals surface area contributed by atoms with Crippen LogP contribution in [0, 0.1) is 5.92 Å². The molecule has 3 nitrogen and oxygen atoms in total. The van der Waals surface area contributed by atoms with Crippen molar-refractivity contribution in [3.8, 4) is 0 Å². The van der Waals surface area contributed by atoms with E-state index in [1.54, 1.807) is 0 Å². The van der Waals surface area contributed by atoms with Gasteiger partial charge in [0.15, 0.2) is 5.90 Å². The molecule has 0 fully saturated rings. The predicted molar refractivity (Wildman–Crippen MR) is 50.3 cm³/mol. The molecule has 1 unspecified atom stereocenters. The van der Waals surface area contributed by atoms with Crippen molar-refractivity contribution in [2.45, 2.75) is 32.8 Å². The molecule has 0 aromatic heterocycles. The molecular weight excluding hydrogens is 152 g/mol. The second-order valence-corrected chi connectivity index (χ2v) is 3.64. The van der Waals surface area contributed by atoms with Crippen LogP contribution < -0.4 is 5.73 Å². The van der Waals surface area contributed by atoms with Crippen molar-refractivity contribution in [3.63, 3.8) is 0 Å². The molecule has 2 N–H and O–H groups in total. The average Bonchev–Trinajstić information content (AvgIpc) is 2.36. The Morgan fingerprint density at radius 2 is 2.42 bits per heavy atom. The van der Waals surface area contributed by atoms with Crippen molar-refractivity contribution < 1.29 is 4.74 Å². The third kappa shape index (κ3) is 2.81. The van der Waals surface area contributed by atoms with Gasteiger partial charge in [0.2, 0.25) is 0 Å². The third-order valence-corrected chi connectivity index (χ3v) is 1.87. The summed E-state index contributed by atoms with van der Waals surface area (Å²) in [6.45, 7) is 5.86. The summed E-state index contributed by atoms with van der Waals surface area (Å²) < 4.78 is 5.58. The van der Waals surface area contributed by atoms with Gasteiger partial charge in [-0.1, -0.05) is 13.8 Å². The number of hydrogen-bond acceptors (Lipinski definition) is 3. The molecule has 1 heterocycles. The molecule has 0 saturated carbocycles. The molecule has 1 atom stereocenters. The van der Waals surface area contributed by atoms with Crippen LogP contribution in [0.25, 0.3) is 0 Å². The Kier molecular flexibility index (Phi) is 3.53. The first-order valence-electron chi connectivity index (χ1n) is 4.62. The molecule has 0 bridgehead atoms.